The molecule has 0 radical (unpaired) electrons. The zero-order chi connectivity index (χ0) is 14.6. The predicted molar refractivity (Wildman–Crippen MR) is 89.4 cm³/mol. The van der Waals surface area contributed by atoms with Crippen molar-refractivity contribution in [3.8, 4) is 6.07 Å². The zero-order valence-electron chi connectivity index (χ0n) is 12.5. The van der Waals surface area contributed by atoms with Crippen molar-refractivity contribution in [3.05, 3.63) is 70.8 Å². The minimum Gasteiger partial charge on any atom is -0.321 e. The standard InChI is InChI=1S/C10H13N.C8H7N.ClH/c1-8-2-4-9(5-3-8)10(11)6-7-10;1-7-2-4-8(6-9)5-3-7;/h2-5H,6-7,11H2,1H3;2-5H,1H3;1H. The summed E-state index contributed by atoms with van der Waals surface area (Å²) in [6.07, 6.45) is 2.30. The van der Waals surface area contributed by atoms with Crippen LogP contribution in [-0.2, 0) is 5.54 Å². The van der Waals surface area contributed by atoms with Gasteiger partial charge in [0.1, 0.15) is 0 Å². The van der Waals surface area contributed by atoms with Gasteiger partial charge < -0.3 is 5.73 Å². The molecule has 0 aromatic heterocycles. The molecule has 21 heavy (non-hydrogen) atoms. The molecular formula is C18H21ClN2. The molecule has 110 valence electrons. The molecule has 1 saturated carbocycles. The molecule has 0 spiro atoms. The molecule has 3 heteroatoms. The van der Waals surface area contributed by atoms with Gasteiger partial charge in [0.2, 0.25) is 0 Å². The molecule has 0 bridgehead atoms. The lowest BCUT2D eigenvalue weighted by Crippen LogP contribution is -2.18. The highest BCUT2D eigenvalue weighted by atomic mass is 35.5. The van der Waals surface area contributed by atoms with Gasteiger partial charge in [0.25, 0.3) is 0 Å². The van der Waals surface area contributed by atoms with E-state index in [9.17, 15) is 0 Å². The molecule has 0 heterocycles. The van der Waals surface area contributed by atoms with Crippen molar-refractivity contribution in [1.29, 1.82) is 5.26 Å². The number of nitriles is 1. The summed E-state index contributed by atoms with van der Waals surface area (Å²) in [6, 6.07) is 18.1. The van der Waals surface area contributed by atoms with Gasteiger partial charge in [-0.25, -0.2) is 0 Å². The van der Waals surface area contributed by atoms with Gasteiger partial charge >= 0.3 is 0 Å². The van der Waals surface area contributed by atoms with Crippen molar-refractivity contribution in [3.63, 3.8) is 0 Å². The van der Waals surface area contributed by atoms with Gasteiger partial charge in [0.15, 0.2) is 0 Å². The van der Waals surface area contributed by atoms with Gasteiger partial charge in [0, 0.05) is 5.54 Å². The normalized spacial score (nSPS) is 14.0. The molecule has 2 nitrogen and oxygen atoms in total. The van der Waals surface area contributed by atoms with E-state index >= 15 is 0 Å². The highest BCUT2D eigenvalue weighted by Crippen LogP contribution is 2.42. The SMILES string of the molecule is Cc1ccc(C#N)cc1.Cc1ccc(C2(N)CC2)cc1.Cl. The van der Waals surface area contributed by atoms with Gasteiger partial charge in [-0.2, -0.15) is 5.26 Å². The first-order chi connectivity index (χ1) is 9.53. The third-order valence-electron chi connectivity index (χ3n) is 3.60. The molecule has 2 N–H and O–H groups in total. The summed E-state index contributed by atoms with van der Waals surface area (Å²) in [4.78, 5) is 0. The minimum absolute atomic E-state index is 0. The second-order valence-electron chi connectivity index (χ2n) is 5.50. The van der Waals surface area contributed by atoms with Crippen LogP contribution < -0.4 is 5.73 Å². The van der Waals surface area contributed by atoms with Gasteiger partial charge in [-0.15, -0.1) is 12.4 Å². The smallest absolute Gasteiger partial charge is 0.0991 e. The quantitative estimate of drug-likeness (QED) is 0.856. The van der Waals surface area contributed by atoms with Crippen LogP contribution in [0.25, 0.3) is 0 Å². The summed E-state index contributed by atoms with van der Waals surface area (Å²) in [5.41, 5.74) is 10.6. The first kappa shape index (κ1) is 17.2. The van der Waals surface area contributed by atoms with Crippen LogP contribution in [0.1, 0.15) is 35.1 Å². The van der Waals surface area contributed by atoms with Gasteiger partial charge in [0.05, 0.1) is 11.6 Å². The lowest BCUT2D eigenvalue weighted by atomic mass is 10.0. The predicted octanol–water partition coefficient (Wildman–Crippen LogP) is 4.23. The van der Waals surface area contributed by atoms with Crippen LogP contribution in [0.3, 0.4) is 0 Å². The Morgan fingerprint density at radius 1 is 0.905 bits per heavy atom. The lowest BCUT2D eigenvalue weighted by molar-refractivity contribution is 0.740. The Balaban J connectivity index is 0.000000205. The van der Waals surface area contributed by atoms with Crippen LogP contribution in [0.2, 0.25) is 0 Å². The molecule has 2 aromatic rings. The van der Waals surface area contributed by atoms with Crippen molar-refractivity contribution >= 4 is 12.4 Å². The van der Waals surface area contributed by atoms with E-state index in [1.54, 1.807) is 0 Å². The largest absolute Gasteiger partial charge is 0.321 e. The first-order valence-electron chi connectivity index (χ1n) is 6.86. The molecule has 1 aliphatic carbocycles. The molecule has 1 aliphatic rings. The molecule has 2 aromatic carbocycles. The van der Waals surface area contributed by atoms with E-state index in [0.29, 0.717) is 0 Å². The zero-order valence-corrected chi connectivity index (χ0v) is 13.3. The highest BCUT2D eigenvalue weighted by molar-refractivity contribution is 5.85. The van der Waals surface area contributed by atoms with Crippen molar-refractivity contribution < 1.29 is 0 Å². The number of hydrogen-bond donors (Lipinski definition) is 1. The summed E-state index contributed by atoms with van der Waals surface area (Å²) in [7, 11) is 0. The van der Waals surface area contributed by atoms with E-state index in [4.69, 9.17) is 11.0 Å². The average Bonchev–Trinajstić information content (AvgIpc) is 3.20. The van der Waals surface area contributed by atoms with E-state index in [1.165, 1.54) is 16.7 Å². The lowest BCUT2D eigenvalue weighted by Gasteiger charge is -2.08. The van der Waals surface area contributed by atoms with E-state index in [2.05, 4.69) is 37.3 Å². The number of rotatable bonds is 1. The molecule has 0 saturated heterocycles. The number of hydrogen-bond acceptors (Lipinski definition) is 2. The maximum Gasteiger partial charge on any atom is 0.0991 e. The Morgan fingerprint density at radius 2 is 1.33 bits per heavy atom. The summed E-state index contributed by atoms with van der Waals surface area (Å²) < 4.78 is 0. The van der Waals surface area contributed by atoms with Crippen LogP contribution >= 0.6 is 12.4 Å². The maximum absolute atomic E-state index is 8.38. The second kappa shape index (κ2) is 7.26. The van der Waals surface area contributed by atoms with Crippen molar-refractivity contribution in [2.45, 2.75) is 32.2 Å². The monoisotopic (exact) mass is 300 g/mol. The van der Waals surface area contributed by atoms with Crippen LogP contribution in [-0.4, -0.2) is 0 Å². The fourth-order valence-corrected chi connectivity index (χ4v) is 1.94. The summed E-state index contributed by atoms with van der Waals surface area (Å²) >= 11 is 0. The average molecular weight is 301 g/mol. The fourth-order valence-electron chi connectivity index (χ4n) is 1.94. The topological polar surface area (TPSA) is 49.8 Å². The Morgan fingerprint density at radius 3 is 1.71 bits per heavy atom. The molecule has 1 fully saturated rings. The fraction of sp³-hybridized carbons (Fsp3) is 0.278. The Labute approximate surface area is 133 Å². The van der Waals surface area contributed by atoms with Crippen molar-refractivity contribution in [2.24, 2.45) is 5.73 Å². The maximum atomic E-state index is 8.38. The third-order valence-corrected chi connectivity index (χ3v) is 3.60. The number of benzene rings is 2. The van der Waals surface area contributed by atoms with Crippen LogP contribution in [0.4, 0.5) is 0 Å². The first-order valence-corrected chi connectivity index (χ1v) is 6.86. The van der Waals surface area contributed by atoms with Crippen molar-refractivity contribution in [2.75, 3.05) is 0 Å². The number of halogens is 1. The van der Waals surface area contributed by atoms with Gasteiger partial charge in [-0.05, 0) is 44.4 Å². The van der Waals surface area contributed by atoms with Gasteiger partial charge in [-0.3, -0.25) is 0 Å². The van der Waals surface area contributed by atoms with Crippen LogP contribution in [0, 0.1) is 25.2 Å². The summed E-state index contributed by atoms with van der Waals surface area (Å²) in [5, 5.41) is 8.38. The van der Waals surface area contributed by atoms with Crippen LogP contribution in [0.5, 0.6) is 0 Å². The highest BCUT2D eigenvalue weighted by Gasteiger charge is 2.39. The molecule has 3 rings (SSSR count). The summed E-state index contributed by atoms with van der Waals surface area (Å²) in [6.45, 7) is 4.10. The number of nitrogens with zero attached hydrogens (tertiary/aromatic N) is 1. The minimum atomic E-state index is 0. The summed E-state index contributed by atoms with van der Waals surface area (Å²) in [5.74, 6) is 0. The van der Waals surface area contributed by atoms with Crippen molar-refractivity contribution in [1.82, 2.24) is 0 Å². The molecule has 0 aliphatic heterocycles. The van der Waals surface area contributed by atoms with E-state index in [1.807, 2.05) is 31.2 Å². The van der Waals surface area contributed by atoms with Crippen LogP contribution in [0.15, 0.2) is 48.5 Å². The molecular weight excluding hydrogens is 280 g/mol. The number of aryl methyl sites for hydroxylation is 2. The van der Waals surface area contributed by atoms with E-state index in [-0.39, 0.29) is 17.9 Å². The number of nitrogens with two attached hydrogens (primary N) is 1. The van der Waals surface area contributed by atoms with Gasteiger partial charge in [-0.1, -0.05) is 47.5 Å². The Hall–Kier alpha value is -1.82. The Bertz CT molecular complexity index is 605. The van der Waals surface area contributed by atoms with E-state index in [0.717, 1.165) is 18.4 Å². The molecule has 0 atom stereocenters. The molecule has 0 amide bonds. The third kappa shape index (κ3) is 4.90. The second-order valence-corrected chi connectivity index (χ2v) is 5.50. The van der Waals surface area contributed by atoms with E-state index < -0.39 is 0 Å². The molecule has 0 unspecified atom stereocenters. The Kier molecular flexibility index (Phi) is 5.96.